The quantitative estimate of drug-likeness (QED) is 0.578. The van der Waals surface area contributed by atoms with Gasteiger partial charge in [0.05, 0.1) is 7.11 Å². The van der Waals surface area contributed by atoms with E-state index in [0.29, 0.717) is 11.5 Å². The van der Waals surface area contributed by atoms with Crippen molar-refractivity contribution in [2.24, 2.45) is 0 Å². The van der Waals surface area contributed by atoms with Crippen LogP contribution in [0.4, 0.5) is 0 Å². The smallest absolute Gasteiger partial charge is 0.352 e. The van der Waals surface area contributed by atoms with Gasteiger partial charge in [-0.25, -0.2) is 4.79 Å². The minimum absolute atomic E-state index is 0.270. The van der Waals surface area contributed by atoms with E-state index >= 15 is 0 Å². The summed E-state index contributed by atoms with van der Waals surface area (Å²) in [6.07, 6.45) is -0.709. The first kappa shape index (κ1) is 17.9. The second-order valence-electron chi connectivity index (χ2n) is 6.05. The van der Waals surface area contributed by atoms with E-state index in [0.717, 1.165) is 16.9 Å². The van der Waals surface area contributed by atoms with Crippen LogP contribution in [0.2, 0.25) is 0 Å². The normalized spacial score (nSPS) is 11.9. The van der Waals surface area contributed by atoms with Crippen molar-refractivity contribution in [3.8, 4) is 17.2 Å². The van der Waals surface area contributed by atoms with Crippen LogP contribution in [0.1, 0.15) is 37.8 Å². The highest BCUT2D eigenvalue weighted by atomic mass is 16.6. The molecule has 0 aromatic heterocycles. The number of benzene rings is 2. The van der Waals surface area contributed by atoms with Crippen molar-refractivity contribution in [3.63, 3.8) is 0 Å². The van der Waals surface area contributed by atoms with E-state index < -0.39 is 12.1 Å². The van der Waals surface area contributed by atoms with Crippen LogP contribution in [0, 0.1) is 6.92 Å². The predicted molar refractivity (Wildman–Crippen MR) is 94.0 cm³/mol. The summed E-state index contributed by atoms with van der Waals surface area (Å²) in [5, 5.41) is 0. The molecule has 128 valence electrons. The summed E-state index contributed by atoms with van der Waals surface area (Å²) in [6, 6.07) is 13.0. The molecule has 0 fully saturated rings. The fourth-order valence-corrected chi connectivity index (χ4v) is 2.30. The molecule has 0 amide bonds. The van der Waals surface area contributed by atoms with Crippen LogP contribution in [0.25, 0.3) is 0 Å². The number of aryl methyl sites for hydroxylation is 1. The fourth-order valence-electron chi connectivity index (χ4n) is 2.30. The molecule has 4 nitrogen and oxygen atoms in total. The van der Waals surface area contributed by atoms with Gasteiger partial charge in [-0.2, -0.15) is 0 Å². The molecule has 0 heterocycles. The lowest BCUT2D eigenvalue weighted by molar-refractivity contribution is -0.141. The molecule has 0 aliphatic heterocycles. The fraction of sp³-hybridized carbons (Fsp3) is 0.350. The van der Waals surface area contributed by atoms with Crippen molar-refractivity contribution in [1.29, 1.82) is 0 Å². The van der Waals surface area contributed by atoms with Gasteiger partial charge < -0.3 is 14.2 Å². The van der Waals surface area contributed by atoms with Gasteiger partial charge in [0.15, 0.2) is 6.10 Å². The summed E-state index contributed by atoms with van der Waals surface area (Å²) in [4.78, 5) is 12.4. The van der Waals surface area contributed by atoms with Gasteiger partial charge in [0.1, 0.15) is 17.2 Å². The molecule has 2 rings (SSSR count). The Morgan fingerprint density at radius 3 is 2.17 bits per heavy atom. The van der Waals surface area contributed by atoms with Crippen LogP contribution in [-0.2, 0) is 4.79 Å². The number of ether oxygens (including phenoxy) is 3. The van der Waals surface area contributed by atoms with Gasteiger partial charge in [-0.15, -0.1) is 0 Å². The molecule has 0 bridgehead atoms. The van der Waals surface area contributed by atoms with E-state index in [-0.39, 0.29) is 5.92 Å². The molecular weight excluding hydrogens is 304 g/mol. The molecule has 1 atom stereocenters. The average Bonchev–Trinajstić information content (AvgIpc) is 2.55. The molecule has 0 aliphatic carbocycles. The lowest BCUT2D eigenvalue weighted by Gasteiger charge is -2.17. The number of rotatable bonds is 6. The van der Waals surface area contributed by atoms with Crippen LogP contribution in [0.15, 0.2) is 42.5 Å². The Morgan fingerprint density at radius 2 is 1.58 bits per heavy atom. The summed E-state index contributed by atoms with van der Waals surface area (Å²) in [6.45, 7) is 7.79. The van der Waals surface area contributed by atoms with E-state index in [1.54, 1.807) is 38.3 Å². The van der Waals surface area contributed by atoms with Crippen LogP contribution in [-0.4, -0.2) is 19.2 Å². The third kappa shape index (κ3) is 4.51. The number of carbonyl (C=O) groups is 1. The van der Waals surface area contributed by atoms with Crippen molar-refractivity contribution >= 4 is 5.97 Å². The molecular formula is C20H24O4. The Hall–Kier alpha value is -2.49. The topological polar surface area (TPSA) is 44.8 Å². The third-order valence-corrected chi connectivity index (χ3v) is 3.71. The minimum atomic E-state index is -0.709. The van der Waals surface area contributed by atoms with Gasteiger partial charge in [-0.3, -0.25) is 0 Å². The number of esters is 1. The zero-order valence-electron chi connectivity index (χ0n) is 14.8. The second kappa shape index (κ2) is 7.86. The number of hydrogen-bond donors (Lipinski definition) is 0. The molecule has 0 saturated carbocycles. The van der Waals surface area contributed by atoms with Gasteiger partial charge in [-0.1, -0.05) is 26.0 Å². The molecule has 0 N–H and O–H groups in total. The molecule has 0 radical (unpaired) electrons. The van der Waals surface area contributed by atoms with Gasteiger partial charge in [0.2, 0.25) is 0 Å². The van der Waals surface area contributed by atoms with E-state index in [2.05, 4.69) is 13.8 Å². The Balaban J connectivity index is 2.07. The lowest BCUT2D eigenvalue weighted by Crippen LogP contribution is -2.28. The Morgan fingerprint density at radius 1 is 0.958 bits per heavy atom. The van der Waals surface area contributed by atoms with Crippen molar-refractivity contribution in [2.45, 2.75) is 39.7 Å². The monoisotopic (exact) mass is 328 g/mol. The maximum absolute atomic E-state index is 12.4. The first-order valence-corrected chi connectivity index (χ1v) is 8.03. The van der Waals surface area contributed by atoms with Crippen molar-refractivity contribution < 1.29 is 19.0 Å². The zero-order chi connectivity index (χ0) is 17.7. The van der Waals surface area contributed by atoms with Crippen LogP contribution in [0.5, 0.6) is 17.2 Å². The maximum atomic E-state index is 12.4. The predicted octanol–water partition coefficient (Wildman–Crippen LogP) is 4.50. The van der Waals surface area contributed by atoms with Gasteiger partial charge in [0, 0.05) is 0 Å². The first-order chi connectivity index (χ1) is 11.4. The number of methoxy groups -OCH3 is 1. The van der Waals surface area contributed by atoms with Gasteiger partial charge in [-0.05, 0) is 61.2 Å². The Bertz CT molecular complexity index is 689. The molecule has 0 aliphatic rings. The largest absolute Gasteiger partial charge is 0.497 e. The molecule has 1 unspecified atom stereocenters. The highest BCUT2D eigenvalue weighted by Crippen LogP contribution is 2.28. The molecule has 0 saturated heterocycles. The van der Waals surface area contributed by atoms with Gasteiger partial charge in [0.25, 0.3) is 0 Å². The summed E-state index contributed by atoms with van der Waals surface area (Å²) < 4.78 is 16.3. The van der Waals surface area contributed by atoms with Crippen molar-refractivity contribution in [1.82, 2.24) is 0 Å². The van der Waals surface area contributed by atoms with Crippen LogP contribution in [0.3, 0.4) is 0 Å². The highest BCUT2D eigenvalue weighted by Gasteiger charge is 2.19. The molecule has 2 aromatic carbocycles. The summed E-state index contributed by atoms with van der Waals surface area (Å²) in [5.74, 6) is 1.78. The lowest BCUT2D eigenvalue weighted by atomic mass is 10.0. The number of carbonyl (C=O) groups excluding carboxylic acids is 1. The standard InChI is InChI=1S/C20H24O4/c1-13(2)18-11-6-14(3)12-19(18)24-20(21)15(4)23-17-9-7-16(22-5)8-10-17/h6-13,15H,1-5H3. The van der Waals surface area contributed by atoms with Crippen molar-refractivity contribution in [3.05, 3.63) is 53.6 Å². The van der Waals surface area contributed by atoms with Crippen LogP contribution >= 0.6 is 0 Å². The van der Waals surface area contributed by atoms with E-state index in [1.165, 1.54) is 0 Å². The summed E-state index contributed by atoms with van der Waals surface area (Å²) in [5.41, 5.74) is 2.05. The van der Waals surface area contributed by atoms with E-state index in [1.807, 2.05) is 25.1 Å². The number of hydrogen-bond acceptors (Lipinski definition) is 4. The minimum Gasteiger partial charge on any atom is -0.497 e. The molecule has 24 heavy (non-hydrogen) atoms. The average molecular weight is 328 g/mol. The molecule has 2 aromatic rings. The summed E-state index contributed by atoms with van der Waals surface area (Å²) in [7, 11) is 1.60. The van der Waals surface area contributed by atoms with Gasteiger partial charge >= 0.3 is 5.97 Å². The Kier molecular flexibility index (Phi) is 5.85. The SMILES string of the molecule is COc1ccc(OC(C)C(=O)Oc2cc(C)ccc2C(C)C)cc1. The highest BCUT2D eigenvalue weighted by molar-refractivity contribution is 5.77. The van der Waals surface area contributed by atoms with Crippen molar-refractivity contribution in [2.75, 3.05) is 7.11 Å². The molecule has 4 heteroatoms. The summed E-state index contributed by atoms with van der Waals surface area (Å²) >= 11 is 0. The van der Waals surface area contributed by atoms with Crippen LogP contribution < -0.4 is 14.2 Å². The third-order valence-electron chi connectivity index (χ3n) is 3.71. The maximum Gasteiger partial charge on any atom is 0.352 e. The molecule has 0 spiro atoms. The first-order valence-electron chi connectivity index (χ1n) is 8.03. The Labute approximate surface area is 143 Å². The van der Waals surface area contributed by atoms with E-state index in [9.17, 15) is 4.79 Å². The van der Waals surface area contributed by atoms with E-state index in [4.69, 9.17) is 14.2 Å². The second-order valence-corrected chi connectivity index (χ2v) is 6.05. The zero-order valence-corrected chi connectivity index (χ0v) is 14.8.